The van der Waals surface area contributed by atoms with E-state index in [1.54, 1.807) is 42.5 Å². The summed E-state index contributed by atoms with van der Waals surface area (Å²) in [6.45, 7) is 1.90. The number of amides is 2. The van der Waals surface area contributed by atoms with Crippen LogP contribution in [0.5, 0.6) is 0 Å². The summed E-state index contributed by atoms with van der Waals surface area (Å²) in [4.78, 5) is 36.0. The summed E-state index contributed by atoms with van der Waals surface area (Å²) in [6.07, 6.45) is 0.321. The molecule has 2 aromatic carbocycles. The van der Waals surface area contributed by atoms with Crippen molar-refractivity contribution in [2.24, 2.45) is 0 Å². The van der Waals surface area contributed by atoms with Crippen LogP contribution in [0.15, 0.2) is 48.5 Å². The zero-order valence-electron chi connectivity index (χ0n) is 15.6. The molecule has 0 saturated heterocycles. The SMILES string of the molecule is CCCC(=O)Nc1ccc(C(=O)c2ccccc2)cc1NC(=S)NC(=O)OC. The van der Waals surface area contributed by atoms with Gasteiger partial charge in [-0.1, -0.05) is 37.3 Å². The van der Waals surface area contributed by atoms with Crippen LogP contribution in [0.1, 0.15) is 35.7 Å². The molecule has 0 aliphatic carbocycles. The zero-order chi connectivity index (χ0) is 20.5. The number of ketones is 1. The molecule has 0 aliphatic rings. The third-order valence-corrected chi connectivity index (χ3v) is 3.92. The number of hydrogen-bond acceptors (Lipinski definition) is 5. The second-order valence-electron chi connectivity index (χ2n) is 5.82. The van der Waals surface area contributed by atoms with Gasteiger partial charge in [0, 0.05) is 17.5 Å². The molecule has 8 heteroatoms. The third-order valence-electron chi connectivity index (χ3n) is 3.72. The molecule has 0 unspecified atom stereocenters. The molecule has 0 bridgehead atoms. The van der Waals surface area contributed by atoms with Crippen molar-refractivity contribution in [3.63, 3.8) is 0 Å². The van der Waals surface area contributed by atoms with Gasteiger partial charge < -0.3 is 15.4 Å². The first-order chi connectivity index (χ1) is 13.4. The molecule has 0 fully saturated rings. The number of hydrogen-bond donors (Lipinski definition) is 3. The van der Waals surface area contributed by atoms with Crippen LogP contribution in [0.25, 0.3) is 0 Å². The van der Waals surface area contributed by atoms with Gasteiger partial charge in [0.25, 0.3) is 0 Å². The molecule has 3 N–H and O–H groups in total. The van der Waals surface area contributed by atoms with Crippen molar-refractivity contribution in [1.82, 2.24) is 5.32 Å². The highest BCUT2D eigenvalue weighted by Crippen LogP contribution is 2.25. The van der Waals surface area contributed by atoms with Gasteiger partial charge in [-0.15, -0.1) is 0 Å². The van der Waals surface area contributed by atoms with Gasteiger partial charge >= 0.3 is 6.09 Å². The standard InChI is InChI=1S/C20H21N3O4S/c1-3-7-17(24)21-15-11-10-14(18(25)13-8-5-4-6-9-13)12-16(15)22-19(28)23-20(26)27-2/h4-6,8-12H,3,7H2,1-2H3,(H,21,24)(H2,22,23,26,28). The predicted molar refractivity (Wildman–Crippen MR) is 112 cm³/mol. The molecule has 0 spiro atoms. The molecule has 28 heavy (non-hydrogen) atoms. The largest absolute Gasteiger partial charge is 0.453 e. The van der Waals surface area contributed by atoms with Crippen molar-refractivity contribution in [3.05, 3.63) is 59.7 Å². The van der Waals surface area contributed by atoms with Crippen LogP contribution in [0, 0.1) is 0 Å². The summed E-state index contributed by atoms with van der Waals surface area (Å²) in [5, 5.41) is 7.90. The highest BCUT2D eigenvalue weighted by atomic mass is 32.1. The van der Waals surface area contributed by atoms with E-state index in [9.17, 15) is 14.4 Å². The molecule has 146 valence electrons. The Kier molecular flexibility index (Phi) is 7.65. The van der Waals surface area contributed by atoms with E-state index in [0.29, 0.717) is 35.3 Å². The number of alkyl carbamates (subject to hydrolysis) is 1. The van der Waals surface area contributed by atoms with Crippen molar-refractivity contribution >= 4 is 46.5 Å². The predicted octanol–water partition coefficient (Wildman–Crippen LogP) is 3.71. The Balaban J connectivity index is 2.32. The van der Waals surface area contributed by atoms with E-state index >= 15 is 0 Å². The van der Waals surface area contributed by atoms with Gasteiger partial charge in [0.1, 0.15) is 0 Å². The molecule has 2 aromatic rings. The van der Waals surface area contributed by atoms with Gasteiger partial charge in [-0.25, -0.2) is 4.79 Å². The monoisotopic (exact) mass is 399 g/mol. The number of anilines is 2. The molecule has 0 heterocycles. The van der Waals surface area contributed by atoms with Crippen molar-refractivity contribution in [2.45, 2.75) is 19.8 Å². The first-order valence-corrected chi connectivity index (χ1v) is 9.05. The lowest BCUT2D eigenvalue weighted by molar-refractivity contribution is -0.116. The van der Waals surface area contributed by atoms with Gasteiger partial charge in [0.15, 0.2) is 10.9 Å². The molecule has 0 radical (unpaired) electrons. The fourth-order valence-corrected chi connectivity index (χ4v) is 2.58. The van der Waals surface area contributed by atoms with E-state index < -0.39 is 6.09 Å². The van der Waals surface area contributed by atoms with Gasteiger partial charge in [0.2, 0.25) is 5.91 Å². The Hall–Kier alpha value is -3.26. The maximum atomic E-state index is 12.7. The van der Waals surface area contributed by atoms with Gasteiger partial charge in [-0.2, -0.15) is 0 Å². The van der Waals surface area contributed by atoms with Crippen molar-refractivity contribution in [1.29, 1.82) is 0 Å². The molecular weight excluding hydrogens is 378 g/mol. The first kappa shape index (κ1) is 21.0. The fourth-order valence-electron chi connectivity index (χ4n) is 2.39. The van der Waals surface area contributed by atoms with E-state index in [4.69, 9.17) is 12.2 Å². The second-order valence-corrected chi connectivity index (χ2v) is 6.23. The minimum absolute atomic E-state index is 0.0258. The number of carbonyl (C=O) groups is 3. The van der Waals surface area contributed by atoms with E-state index in [0.717, 1.165) is 0 Å². The highest BCUT2D eigenvalue weighted by molar-refractivity contribution is 7.80. The molecule has 2 amide bonds. The Bertz CT molecular complexity index is 884. The van der Waals surface area contributed by atoms with E-state index in [-0.39, 0.29) is 16.8 Å². The van der Waals surface area contributed by atoms with Crippen molar-refractivity contribution < 1.29 is 19.1 Å². The highest BCUT2D eigenvalue weighted by Gasteiger charge is 2.15. The molecule has 0 aromatic heterocycles. The Morgan fingerprint density at radius 2 is 1.68 bits per heavy atom. The zero-order valence-corrected chi connectivity index (χ0v) is 16.4. The lowest BCUT2D eigenvalue weighted by atomic mass is 10.0. The van der Waals surface area contributed by atoms with Crippen molar-refractivity contribution in [3.8, 4) is 0 Å². The van der Waals surface area contributed by atoms with E-state index in [2.05, 4.69) is 20.7 Å². The molecule has 0 atom stereocenters. The number of thiocarbonyl (C=S) groups is 1. The lowest BCUT2D eigenvalue weighted by Gasteiger charge is -2.15. The van der Waals surface area contributed by atoms with Crippen LogP contribution in [0.3, 0.4) is 0 Å². The average Bonchev–Trinajstić information content (AvgIpc) is 2.69. The fraction of sp³-hybridized carbons (Fsp3) is 0.200. The van der Waals surface area contributed by atoms with Crippen LogP contribution in [0.4, 0.5) is 16.2 Å². The van der Waals surface area contributed by atoms with Gasteiger partial charge in [0.05, 0.1) is 18.5 Å². The Morgan fingerprint density at radius 1 is 0.964 bits per heavy atom. The number of carbonyl (C=O) groups excluding carboxylic acids is 3. The smallest absolute Gasteiger partial charge is 0.413 e. The number of rotatable bonds is 6. The van der Waals surface area contributed by atoms with Crippen LogP contribution in [0.2, 0.25) is 0 Å². The molecule has 7 nitrogen and oxygen atoms in total. The van der Waals surface area contributed by atoms with Crippen LogP contribution >= 0.6 is 12.2 Å². The minimum Gasteiger partial charge on any atom is -0.453 e. The summed E-state index contributed by atoms with van der Waals surface area (Å²) in [5.74, 6) is -0.346. The van der Waals surface area contributed by atoms with Gasteiger partial charge in [-0.05, 0) is 36.8 Å². The van der Waals surface area contributed by atoms with E-state index in [1.165, 1.54) is 7.11 Å². The molecule has 0 saturated carbocycles. The summed E-state index contributed by atoms with van der Waals surface area (Å²) < 4.78 is 4.50. The van der Waals surface area contributed by atoms with E-state index in [1.807, 2.05) is 13.0 Å². The Labute approximate surface area is 168 Å². The quantitative estimate of drug-likeness (QED) is 0.506. The Morgan fingerprint density at radius 3 is 2.32 bits per heavy atom. The number of benzene rings is 2. The lowest BCUT2D eigenvalue weighted by Crippen LogP contribution is -2.34. The van der Waals surface area contributed by atoms with Gasteiger partial charge in [-0.3, -0.25) is 14.9 Å². The first-order valence-electron chi connectivity index (χ1n) is 8.64. The van der Waals surface area contributed by atoms with Crippen molar-refractivity contribution in [2.75, 3.05) is 17.7 Å². The number of ether oxygens (including phenoxy) is 1. The average molecular weight is 399 g/mol. The second kappa shape index (κ2) is 10.2. The van der Waals surface area contributed by atoms with Crippen LogP contribution in [-0.4, -0.2) is 30.0 Å². The number of nitrogens with one attached hydrogen (secondary N) is 3. The molecular formula is C20H21N3O4S. The van der Waals surface area contributed by atoms with Crippen LogP contribution in [-0.2, 0) is 9.53 Å². The minimum atomic E-state index is -0.731. The topological polar surface area (TPSA) is 96.5 Å². The summed E-state index contributed by atoms with van der Waals surface area (Å²) >= 11 is 5.08. The normalized spacial score (nSPS) is 9.93. The molecule has 0 aliphatic heterocycles. The molecule has 2 rings (SSSR count). The summed E-state index contributed by atoms with van der Waals surface area (Å²) in [5.41, 5.74) is 1.76. The number of methoxy groups -OCH3 is 1. The summed E-state index contributed by atoms with van der Waals surface area (Å²) in [7, 11) is 1.22. The summed E-state index contributed by atoms with van der Waals surface area (Å²) in [6, 6.07) is 13.6. The maximum Gasteiger partial charge on any atom is 0.413 e. The third kappa shape index (κ3) is 5.88. The maximum absolute atomic E-state index is 12.7. The van der Waals surface area contributed by atoms with Crippen LogP contribution < -0.4 is 16.0 Å².